The Kier molecular flexibility index (Phi) is 10.6. The average Bonchev–Trinajstić information content (AvgIpc) is 3.52. The number of carbonyl (C=O) groups is 1. The van der Waals surface area contributed by atoms with Crippen molar-refractivity contribution in [3.05, 3.63) is 132 Å². The highest BCUT2D eigenvalue weighted by atomic mass is 32.2. The molecule has 4 aromatic carbocycles. The predicted molar refractivity (Wildman–Crippen MR) is 187 cm³/mol. The van der Waals surface area contributed by atoms with E-state index in [9.17, 15) is 13.2 Å². The molecular formula is C39H45N3O4S. The molecule has 246 valence electrons. The minimum atomic E-state index is -3.78. The third-order valence-corrected chi connectivity index (χ3v) is 11.7. The van der Waals surface area contributed by atoms with Crippen molar-refractivity contribution in [3.8, 4) is 0 Å². The van der Waals surface area contributed by atoms with Crippen molar-refractivity contribution in [2.75, 3.05) is 30.5 Å². The van der Waals surface area contributed by atoms with E-state index in [1.807, 2.05) is 84.6 Å². The molecule has 1 saturated carbocycles. The molecule has 1 aliphatic carbocycles. The van der Waals surface area contributed by atoms with Crippen LogP contribution < -0.4 is 4.31 Å². The highest BCUT2D eigenvalue weighted by Crippen LogP contribution is 2.45. The molecule has 7 nitrogen and oxygen atoms in total. The topological polar surface area (TPSA) is 70.2 Å². The number of anilines is 1. The molecule has 6 rings (SSSR count). The van der Waals surface area contributed by atoms with Crippen molar-refractivity contribution in [1.82, 2.24) is 9.80 Å². The van der Waals surface area contributed by atoms with Crippen molar-refractivity contribution >= 4 is 21.8 Å². The number of sulfonamides is 1. The molecular weight excluding hydrogens is 607 g/mol. The minimum Gasteiger partial charge on any atom is -0.445 e. The van der Waals surface area contributed by atoms with Crippen LogP contribution in [0.2, 0.25) is 0 Å². The average molecular weight is 652 g/mol. The molecule has 3 unspecified atom stereocenters. The third-order valence-electron chi connectivity index (χ3n) is 9.81. The van der Waals surface area contributed by atoms with Gasteiger partial charge in [-0.1, -0.05) is 97.1 Å². The molecule has 1 saturated heterocycles. The van der Waals surface area contributed by atoms with Gasteiger partial charge in [0.25, 0.3) is 10.0 Å². The molecule has 47 heavy (non-hydrogen) atoms. The number of benzene rings is 4. The Balaban J connectivity index is 1.16. The van der Waals surface area contributed by atoms with Crippen molar-refractivity contribution in [1.29, 1.82) is 0 Å². The van der Waals surface area contributed by atoms with Crippen molar-refractivity contribution in [2.24, 2.45) is 5.92 Å². The van der Waals surface area contributed by atoms with Crippen molar-refractivity contribution < 1.29 is 17.9 Å². The van der Waals surface area contributed by atoms with Gasteiger partial charge in [0.05, 0.1) is 10.6 Å². The second-order valence-corrected chi connectivity index (χ2v) is 14.5. The summed E-state index contributed by atoms with van der Waals surface area (Å²) in [5.74, 6) is 0.519. The fourth-order valence-electron chi connectivity index (χ4n) is 7.51. The maximum absolute atomic E-state index is 14.2. The van der Waals surface area contributed by atoms with Gasteiger partial charge in [0.15, 0.2) is 0 Å². The van der Waals surface area contributed by atoms with Crippen LogP contribution in [-0.2, 0) is 21.4 Å². The molecule has 0 radical (unpaired) electrons. The van der Waals surface area contributed by atoms with Gasteiger partial charge < -0.3 is 14.5 Å². The molecule has 1 aliphatic heterocycles. The van der Waals surface area contributed by atoms with Crippen LogP contribution in [0.5, 0.6) is 0 Å². The van der Waals surface area contributed by atoms with Crippen LogP contribution in [0.25, 0.3) is 0 Å². The number of para-hydroxylation sites is 1. The molecule has 0 N–H and O–H groups in total. The number of carbonyl (C=O) groups excluding carboxylic acids is 1. The predicted octanol–water partition coefficient (Wildman–Crippen LogP) is 7.57. The summed E-state index contributed by atoms with van der Waals surface area (Å²) in [5, 5.41) is 0. The molecule has 3 atom stereocenters. The molecule has 0 aromatic heterocycles. The maximum Gasteiger partial charge on any atom is 0.410 e. The van der Waals surface area contributed by atoms with Gasteiger partial charge in [-0.2, -0.15) is 0 Å². The van der Waals surface area contributed by atoms with Gasteiger partial charge in [0, 0.05) is 38.3 Å². The quantitative estimate of drug-likeness (QED) is 0.167. The number of piperidine rings is 1. The lowest BCUT2D eigenvalue weighted by atomic mass is 9.88. The van der Waals surface area contributed by atoms with Gasteiger partial charge in [-0.15, -0.1) is 0 Å². The Morgan fingerprint density at radius 2 is 1.34 bits per heavy atom. The summed E-state index contributed by atoms with van der Waals surface area (Å²) < 4.78 is 35.9. The normalized spacial score (nSPS) is 20.5. The third kappa shape index (κ3) is 7.71. The lowest BCUT2D eigenvalue weighted by Crippen LogP contribution is -2.48. The monoisotopic (exact) mass is 651 g/mol. The van der Waals surface area contributed by atoms with Crippen LogP contribution in [-0.4, -0.2) is 62.6 Å². The van der Waals surface area contributed by atoms with Crippen LogP contribution in [0.4, 0.5) is 10.5 Å². The molecule has 2 fully saturated rings. The number of nitrogens with zero attached hydrogens (tertiary/aromatic N) is 3. The molecule has 1 amide bonds. The van der Waals surface area contributed by atoms with Gasteiger partial charge in [-0.05, 0) is 79.8 Å². The van der Waals surface area contributed by atoms with Gasteiger partial charge in [-0.3, -0.25) is 4.31 Å². The van der Waals surface area contributed by atoms with E-state index in [-0.39, 0.29) is 36.6 Å². The molecule has 0 bridgehead atoms. The summed E-state index contributed by atoms with van der Waals surface area (Å²) in [5.41, 5.74) is 2.95. The largest absolute Gasteiger partial charge is 0.445 e. The smallest absolute Gasteiger partial charge is 0.410 e. The van der Waals surface area contributed by atoms with E-state index >= 15 is 0 Å². The van der Waals surface area contributed by atoms with Gasteiger partial charge in [0.1, 0.15) is 6.61 Å². The fourth-order valence-corrected chi connectivity index (χ4v) is 9.20. The molecule has 1 heterocycles. The first-order valence-electron chi connectivity index (χ1n) is 16.8. The SMILES string of the molecule is CCN(C(=O)OCc1ccccc1)C1CCN(CC2CC(N(c3ccccc3)S(=O)(=O)c3ccccc3)CC2c2ccccc2)CC1. The summed E-state index contributed by atoms with van der Waals surface area (Å²) in [7, 11) is -3.78. The molecule has 8 heteroatoms. The van der Waals surface area contributed by atoms with E-state index in [1.165, 1.54) is 5.56 Å². The number of ether oxygens (including phenoxy) is 1. The lowest BCUT2D eigenvalue weighted by Gasteiger charge is -2.39. The van der Waals surface area contributed by atoms with E-state index in [2.05, 4.69) is 29.2 Å². The number of hydrogen-bond donors (Lipinski definition) is 0. The maximum atomic E-state index is 14.2. The molecule has 4 aromatic rings. The number of likely N-dealkylation sites (tertiary alicyclic amines) is 1. The second-order valence-electron chi connectivity index (χ2n) is 12.7. The molecule has 2 aliphatic rings. The number of rotatable bonds is 11. The number of amides is 1. The Hall–Kier alpha value is -4.14. The first-order chi connectivity index (χ1) is 22.9. The first-order valence-corrected chi connectivity index (χ1v) is 18.3. The van der Waals surface area contributed by atoms with Crippen molar-refractivity contribution in [2.45, 2.75) is 62.1 Å². The van der Waals surface area contributed by atoms with Crippen LogP contribution >= 0.6 is 0 Å². The Bertz CT molecular complexity index is 1660. The zero-order chi connectivity index (χ0) is 32.6. The highest BCUT2D eigenvalue weighted by molar-refractivity contribution is 7.92. The standard InChI is InChI=1S/C39H45N3O4S/c1-2-41(39(43)46-30-31-15-7-3-8-16-31)34-23-25-40(26-24-34)29-33-27-36(28-38(33)32-17-9-4-10-18-32)42(35-19-11-5-12-20-35)47(44,45)37-21-13-6-14-22-37/h3-22,33-34,36,38H,2,23-30H2,1H3. The minimum absolute atomic E-state index is 0.144. The Labute approximate surface area is 279 Å². The van der Waals surface area contributed by atoms with Gasteiger partial charge in [-0.25, -0.2) is 13.2 Å². The zero-order valence-electron chi connectivity index (χ0n) is 27.1. The summed E-state index contributed by atoms with van der Waals surface area (Å²) in [6, 6.07) is 38.7. The van der Waals surface area contributed by atoms with E-state index in [0.717, 1.165) is 50.9 Å². The summed E-state index contributed by atoms with van der Waals surface area (Å²) in [4.78, 5) is 17.8. The van der Waals surface area contributed by atoms with Crippen molar-refractivity contribution in [3.63, 3.8) is 0 Å². The highest BCUT2D eigenvalue weighted by Gasteiger charge is 2.43. The Morgan fingerprint density at radius 1 is 0.766 bits per heavy atom. The Morgan fingerprint density at radius 3 is 1.96 bits per heavy atom. The summed E-state index contributed by atoms with van der Waals surface area (Å²) in [6.07, 6.45) is 3.05. The molecule has 0 spiro atoms. The first kappa shape index (κ1) is 32.8. The second kappa shape index (κ2) is 15.2. The number of hydrogen-bond acceptors (Lipinski definition) is 5. The lowest BCUT2D eigenvalue weighted by molar-refractivity contribution is 0.0602. The van der Waals surface area contributed by atoms with Gasteiger partial charge >= 0.3 is 6.09 Å². The fraction of sp³-hybridized carbons (Fsp3) is 0.359. The summed E-state index contributed by atoms with van der Waals surface area (Å²) >= 11 is 0. The van der Waals surface area contributed by atoms with Crippen LogP contribution in [0, 0.1) is 5.92 Å². The van der Waals surface area contributed by atoms with Crippen LogP contribution in [0.1, 0.15) is 49.7 Å². The van der Waals surface area contributed by atoms with E-state index in [1.54, 1.807) is 28.6 Å². The van der Waals surface area contributed by atoms with Crippen LogP contribution in [0.3, 0.4) is 0 Å². The van der Waals surface area contributed by atoms with E-state index in [4.69, 9.17) is 4.74 Å². The van der Waals surface area contributed by atoms with Gasteiger partial charge in [0.2, 0.25) is 0 Å². The van der Waals surface area contributed by atoms with Crippen LogP contribution in [0.15, 0.2) is 126 Å². The van der Waals surface area contributed by atoms with E-state index < -0.39 is 10.0 Å². The zero-order valence-corrected chi connectivity index (χ0v) is 27.9. The summed E-state index contributed by atoms with van der Waals surface area (Å²) in [6.45, 7) is 5.58. The van der Waals surface area contributed by atoms with E-state index in [0.29, 0.717) is 17.1 Å².